The molecule has 0 N–H and O–H groups in total. The van der Waals surface area contributed by atoms with Crippen molar-refractivity contribution in [2.24, 2.45) is 10.2 Å². The molecule has 18 heavy (non-hydrogen) atoms. The monoisotopic (exact) mass is 256 g/mol. The third-order valence-electron chi connectivity index (χ3n) is 2.49. The molecular formula is C13H12N4S. The van der Waals surface area contributed by atoms with Crippen LogP contribution in [0.25, 0.3) is 0 Å². The van der Waals surface area contributed by atoms with Gasteiger partial charge in [-0.3, -0.25) is 0 Å². The van der Waals surface area contributed by atoms with Crippen molar-refractivity contribution in [3.05, 3.63) is 39.9 Å². The number of thiophene rings is 1. The zero-order valence-corrected chi connectivity index (χ0v) is 11.3. The van der Waals surface area contributed by atoms with E-state index in [-0.39, 0.29) is 0 Å². The predicted molar refractivity (Wildman–Crippen MR) is 71.6 cm³/mol. The average Bonchev–Trinajstić information content (AvgIpc) is 2.70. The van der Waals surface area contributed by atoms with Gasteiger partial charge in [-0.05, 0) is 31.9 Å². The summed E-state index contributed by atoms with van der Waals surface area (Å²) in [6, 6.07) is 4.09. The van der Waals surface area contributed by atoms with Gasteiger partial charge in [-0.1, -0.05) is 12.7 Å². The van der Waals surface area contributed by atoms with Crippen molar-refractivity contribution in [2.45, 2.75) is 20.8 Å². The van der Waals surface area contributed by atoms with Gasteiger partial charge in [-0.15, -0.1) is 16.5 Å². The Bertz CT molecular complexity index is 621. The molecule has 90 valence electrons. The first-order chi connectivity index (χ1) is 8.54. The fourth-order valence-electron chi connectivity index (χ4n) is 1.16. The summed E-state index contributed by atoms with van der Waals surface area (Å²) >= 11 is 1.17. The van der Waals surface area contributed by atoms with Gasteiger partial charge in [0.1, 0.15) is 17.0 Å². The number of nitrogens with zero attached hydrogens (tertiary/aromatic N) is 4. The lowest BCUT2D eigenvalue weighted by Gasteiger charge is -1.95. The van der Waals surface area contributed by atoms with E-state index in [1.54, 1.807) is 6.92 Å². The summed E-state index contributed by atoms with van der Waals surface area (Å²) in [6.07, 6.45) is 1.88. The van der Waals surface area contributed by atoms with Crippen molar-refractivity contribution in [2.75, 3.05) is 0 Å². The molecule has 0 radical (unpaired) electrons. The van der Waals surface area contributed by atoms with Gasteiger partial charge in [0.25, 0.3) is 0 Å². The molecule has 1 aromatic heterocycles. The molecule has 0 saturated heterocycles. The number of allylic oxidation sites excluding steroid dienone is 2. The molecule has 0 aromatic carbocycles. The molecule has 1 heterocycles. The van der Waals surface area contributed by atoms with Crippen LogP contribution in [-0.4, -0.2) is 0 Å². The summed E-state index contributed by atoms with van der Waals surface area (Å²) < 4.78 is 0. The molecule has 1 rings (SSSR count). The van der Waals surface area contributed by atoms with Gasteiger partial charge in [0.15, 0.2) is 5.00 Å². The predicted octanol–water partition coefficient (Wildman–Crippen LogP) is 4.36. The number of azo groups is 1. The fourth-order valence-corrected chi connectivity index (χ4v) is 2.03. The van der Waals surface area contributed by atoms with Gasteiger partial charge in [0.2, 0.25) is 0 Å². The number of nitriles is 2. The third kappa shape index (κ3) is 2.71. The van der Waals surface area contributed by atoms with Crippen molar-refractivity contribution in [3.63, 3.8) is 0 Å². The zero-order valence-electron chi connectivity index (χ0n) is 10.5. The molecule has 0 aliphatic rings. The molecular weight excluding hydrogens is 244 g/mol. The molecule has 0 bridgehead atoms. The second kappa shape index (κ2) is 5.90. The van der Waals surface area contributed by atoms with Crippen LogP contribution in [0.4, 0.5) is 5.00 Å². The zero-order chi connectivity index (χ0) is 13.7. The maximum absolute atomic E-state index is 9.04. The molecule has 0 spiro atoms. The van der Waals surface area contributed by atoms with E-state index >= 15 is 0 Å². The Labute approximate surface area is 110 Å². The molecule has 0 fully saturated rings. The summed E-state index contributed by atoms with van der Waals surface area (Å²) in [5.41, 5.74) is 2.54. The highest BCUT2D eigenvalue weighted by atomic mass is 32.1. The summed E-state index contributed by atoms with van der Waals surface area (Å²) in [6.45, 7) is 9.28. The molecule has 0 aliphatic carbocycles. The molecule has 4 nitrogen and oxygen atoms in total. The van der Waals surface area contributed by atoms with Crippen molar-refractivity contribution in [1.82, 2.24) is 0 Å². The minimum Gasteiger partial charge on any atom is -0.192 e. The van der Waals surface area contributed by atoms with Crippen LogP contribution in [0.15, 0.2) is 34.2 Å². The van der Waals surface area contributed by atoms with Crippen LogP contribution in [0.2, 0.25) is 0 Å². The Morgan fingerprint density at radius 1 is 1.39 bits per heavy atom. The second-order valence-corrected chi connectivity index (χ2v) is 4.58. The fraction of sp³-hybridized carbons (Fsp3) is 0.231. The van der Waals surface area contributed by atoms with Crippen molar-refractivity contribution < 1.29 is 0 Å². The van der Waals surface area contributed by atoms with Gasteiger partial charge in [0, 0.05) is 0 Å². The Morgan fingerprint density at radius 3 is 2.56 bits per heavy atom. The van der Waals surface area contributed by atoms with Crippen LogP contribution in [0.3, 0.4) is 0 Å². The first-order valence-electron chi connectivity index (χ1n) is 5.22. The summed E-state index contributed by atoms with van der Waals surface area (Å²) in [5, 5.41) is 26.4. The lowest BCUT2D eigenvalue weighted by atomic mass is 10.2. The highest BCUT2D eigenvalue weighted by Gasteiger charge is 2.14. The smallest absolute Gasteiger partial charge is 0.158 e. The Hall–Kier alpha value is -2.24. The van der Waals surface area contributed by atoms with E-state index in [0.717, 1.165) is 5.57 Å². The molecule has 0 atom stereocenters. The first-order valence-corrected chi connectivity index (χ1v) is 6.04. The Balaban J connectivity index is 3.14. The van der Waals surface area contributed by atoms with Gasteiger partial charge < -0.3 is 0 Å². The quantitative estimate of drug-likeness (QED) is 0.595. The standard InChI is InChI=1S/C13H12N4S/c1-5-8(2)10(4)16-17-13-11(6-14)9(3)12(7-15)18-13/h5H,4H2,1-3H3. The van der Waals surface area contributed by atoms with Crippen LogP contribution >= 0.6 is 11.3 Å². The lowest BCUT2D eigenvalue weighted by Crippen LogP contribution is -1.77. The maximum Gasteiger partial charge on any atom is 0.158 e. The van der Waals surface area contributed by atoms with Gasteiger partial charge in [-0.25, -0.2) is 0 Å². The number of rotatable bonds is 3. The van der Waals surface area contributed by atoms with E-state index < -0.39 is 0 Å². The van der Waals surface area contributed by atoms with Crippen LogP contribution in [0.1, 0.15) is 29.9 Å². The minimum absolute atomic E-state index is 0.409. The largest absolute Gasteiger partial charge is 0.192 e. The highest BCUT2D eigenvalue weighted by Crippen LogP contribution is 2.34. The molecule has 5 heteroatoms. The van der Waals surface area contributed by atoms with E-state index in [0.29, 0.717) is 26.7 Å². The highest BCUT2D eigenvalue weighted by molar-refractivity contribution is 7.16. The number of hydrogen-bond donors (Lipinski definition) is 0. The van der Waals surface area contributed by atoms with E-state index in [1.165, 1.54) is 11.3 Å². The summed E-state index contributed by atoms with van der Waals surface area (Å²) in [4.78, 5) is 0.494. The van der Waals surface area contributed by atoms with Crippen molar-refractivity contribution in [3.8, 4) is 12.1 Å². The van der Waals surface area contributed by atoms with E-state index in [4.69, 9.17) is 10.5 Å². The molecule has 0 saturated carbocycles. The Morgan fingerprint density at radius 2 is 2.06 bits per heavy atom. The first kappa shape index (κ1) is 13.8. The van der Waals surface area contributed by atoms with Gasteiger partial charge >= 0.3 is 0 Å². The van der Waals surface area contributed by atoms with Crippen LogP contribution in [0.5, 0.6) is 0 Å². The topological polar surface area (TPSA) is 72.3 Å². The van der Waals surface area contributed by atoms with Crippen molar-refractivity contribution in [1.29, 1.82) is 10.5 Å². The van der Waals surface area contributed by atoms with Crippen LogP contribution in [0, 0.1) is 29.6 Å². The summed E-state index contributed by atoms with van der Waals surface area (Å²) in [5.74, 6) is 0. The molecule has 0 unspecified atom stereocenters. The number of hydrogen-bond acceptors (Lipinski definition) is 5. The second-order valence-electron chi connectivity index (χ2n) is 3.58. The third-order valence-corrected chi connectivity index (χ3v) is 3.57. The molecule has 0 amide bonds. The summed E-state index contributed by atoms with van der Waals surface area (Å²) in [7, 11) is 0. The SMILES string of the molecule is C=C(N=Nc1sc(C#N)c(C)c1C#N)C(C)=CC. The van der Waals surface area contributed by atoms with Gasteiger partial charge in [0.05, 0.1) is 11.3 Å². The average molecular weight is 256 g/mol. The van der Waals surface area contributed by atoms with Crippen molar-refractivity contribution >= 4 is 16.3 Å². The lowest BCUT2D eigenvalue weighted by molar-refractivity contribution is 1.14. The van der Waals surface area contributed by atoms with E-state index in [9.17, 15) is 0 Å². The minimum atomic E-state index is 0.409. The molecule has 0 aliphatic heterocycles. The van der Waals surface area contributed by atoms with Crippen LogP contribution in [-0.2, 0) is 0 Å². The van der Waals surface area contributed by atoms with E-state index in [1.807, 2.05) is 32.1 Å². The maximum atomic E-state index is 9.04. The van der Waals surface area contributed by atoms with E-state index in [2.05, 4.69) is 16.8 Å². The van der Waals surface area contributed by atoms with Crippen LogP contribution < -0.4 is 0 Å². The Kier molecular flexibility index (Phi) is 4.53. The normalized spacial score (nSPS) is 11.3. The molecule has 1 aromatic rings. The van der Waals surface area contributed by atoms with Gasteiger partial charge in [-0.2, -0.15) is 15.6 Å².